The minimum atomic E-state index is -0.168. The Bertz CT molecular complexity index is 366. The molecule has 0 aromatic heterocycles. The van der Waals surface area contributed by atoms with Crippen LogP contribution in [0.15, 0.2) is 0 Å². The summed E-state index contributed by atoms with van der Waals surface area (Å²) in [7, 11) is 0.355. The molecule has 0 saturated heterocycles. The zero-order chi connectivity index (χ0) is 19.0. The zero-order valence-corrected chi connectivity index (χ0v) is 18.6. The van der Waals surface area contributed by atoms with Crippen molar-refractivity contribution >= 4 is 31.5 Å². The van der Waals surface area contributed by atoms with E-state index in [-0.39, 0.29) is 41.5 Å². The topological polar surface area (TPSA) is 52.6 Å². The molecule has 0 fully saturated rings. The maximum Gasteiger partial charge on any atom is 0.321 e. The minimum absolute atomic E-state index is 0.0175. The zero-order valence-electron chi connectivity index (χ0n) is 16.6. The summed E-state index contributed by atoms with van der Waals surface area (Å²) in [6.45, 7) is 17.0. The van der Waals surface area contributed by atoms with Gasteiger partial charge in [-0.2, -0.15) is 0 Å². The van der Waals surface area contributed by atoms with Gasteiger partial charge in [-0.1, -0.05) is 55.4 Å². The molecular formula is C18H34O4Si2. The molecule has 0 bridgehead atoms. The quantitative estimate of drug-likeness (QED) is 0.394. The van der Waals surface area contributed by atoms with Crippen molar-refractivity contribution in [2.75, 3.05) is 0 Å². The van der Waals surface area contributed by atoms with Gasteiger partial charge < -0.3 is 8.85 Å². The van der Waals surface area contributed by atoms with Crippen LogP contribution in [0.2, 0.25) is 10.1 Å². The van der Waals surface area contributed by atoms with E-state index in [9.17, 15) is 9.59 Å². The highest BCUT2D eigenvalue weighted by Crippen LogP contribution is 2.33. The van der Waals surface area contributed by atoms with E-state index >= 15 is 0 Å². The molecule has 0 unspecified atom stereocenters. The van der Waals surface area contributed by atoms with Crippen molar-refractivity contribution in [3.8, 4) is 0 Å². The van der Waals surface area contributed by atoms with Crippen LogP contribution in [0, 0.1) is 11.8 Å². The van der Waals surface area contributed by atoms with E-state index in [2.05, 4.69) is 55.4 Å². The lowest BCUT2D eigenvalue weighted by atomic mass is 9.99. The molecule has 24 heavy (non-hydrogen) atoms. The van der Waals surface area contributed by atoms with Crippen LogP contribution in [0.3, 0.4) is 0 Å². The Morgan fingerprint density at radius 1 is 0.750 bits per heavy atom. The van der Waals surface area contributed by atoms with Gasteiger partial charge in [0.15, 0.2) is 0 Å². The van der Waals surface area contributed by atoms with Gasteiger partial charge in [-0.3, -0.25) is 9.59 Å². The lowest BCUT2D eigenvalue weighted by molar-refractivity contribution is -0.136. The Morgan fingerprint density at radius 2 is 1.04 bits per heavy atom. The fourth-order valence-corrected chi connectivity index (χ4v) is 2.68. The third kappa shape index (κ3) is 9.62. The molecule has 0 amide bonds. The summed E-state index contributed by atoms with van der Waals surface area (Å²) in [6, 6.07) is 0. The first kappa shape index (κ1) is 23.4. The smallest absolute Gasteiger partial charge is 0.321 e. The summed E-state index contributed by atoms with van der Waals surface area (Å²) >= 11 is 0. The van der Waals surface area contributed by atoms with Crippen LogP contribution < -0.4 is 0 Å². The Hall–Kier alpha value is -0.626. The van der Waals surface area contributed by atoms with Gasteiger partial charge >= 0.3 is 19.5 Å². The van der Waals surface area contributed by atoms with E-state index in [0.29, 0.717) is 37.5 Å². The normalized spacial score (nSPS) is 12.6. The lowest BCUT2D eigenvalue weighted by Gasteiger charge is -2.26. The summed E-state index contributed by atoms with van der Waals surface area (Å²) in [5.74, 6) is 0.597. The van der Waals surface area contributed by atoms with E-state index < -0.39 is 0 Å². The molecule has 4 radical (unpaired) electrons. The molecule has 138 valence electrons. The Kier molecular flexibility index (Phi) is 10.1. The predicted molar refractivity (Wildman–Crippen MR) is 99.9 cm³/mol. The molecule has 0 aliphatic carbocycles. The SMILES string of the molecule is CC(C)C(C)(C)[Si]OC(=O)CCCCC(=O)O[Si]C(C)(C)C(C)C. The Balaban J connectivity index is 3.86. The molecule has 0 saturated carbocycles. The number of carbonyl (C=O) groups is 2. The van der Waals surface area contributed by atoms with Crippen LogP contribution in [0.5, 0.6) is 0 Å². The fourth-order valence-electron chi connectivity index (χ4n) is 1.25. The highest BCUT2D eigenvalue weighted by molar-refractivity contribution is 6.35. The second-order valence-corrected chi connectivity index (χ2v) is 11.5. The van der Waals surface area contributed by atoms with Gasteiger partial charge in [0.2, 0.25) is 0 Å². The minimum Gasteiger partial charge on any atom is -0.516 e. The van der Waals surface area contributed by atoms with Crippen molar-refractivity contribution in [2.24, 2.45) is 11.8 Å². The Labute approximate surface area is 153 Å². The van der Waals surface area contributed by atoms with E-state index in [4.69, 9.17) is 8.85 Å². The molecule has 0 atom stereocenters. The second kappa shape index (κ2) is 10.4. The average molecular weight is 371 g/mol. The summed E-state index contributed by atoms with van der Waals surface area (Å²) < 4.78 is 10.7. The van der Waals surface area contributed by atoms with Crippen molar-refractivity contribution in [1.82, 2.24) is 0 Å². The molecule has 0 spiro atoms. The standard InChI is InChI=1S/C18H34O4Si2/c1-13(2)17(5,6)23-21-15(19)11-9-10-12-16(20)22-24-18(7,8)14(3)4/h13-14H,9-12H2,1-8H3. The summed E-state index contributed by atoms with van der Waals surface area (Å²) in [5, 5.41) is 0.0349. The monoisotopic (exact) mass is 370 g/mol. The van der Waals surface area contributed by atoms with Crippen LogP contribution in [0.4, 0.5) is 0 Å². The molecule has 4 nitrogen and oxygen atoms in total. The molecule has 0 aliphatic heterocycles. The lowest BCUT2D eigenvalue weighted by Crippen LogP contribution is -2.25. The van der Waals surface area contributed by atoms with E-state index in [0.717, 1.165) is 0 Å². The molecule has 0 N–H and O–H groups in total. The van der Waals surface area contributed by atoms with Gasteiger partial charge in [-0.25, -0.2) is 0 Å². The third-order valence-corrected chi connectivity index (χ3v) is 7.62. The van der Waals surface area contributed by atoms with Crippen molar-refractivity contribution in [3.63, 3.8) is 0 Å². The van der Waals surface area contributed by atoms with Gasteiger partial charge in [-0.05, 0) is 34.8 Å². The number of hydrogen-bond donors (Lipinski definition) is 0. The van der Waals surface area contributed by atoms with E-state index in [1.54, 1.807) is 0 Å². The average Bonchev–Trinajstić information content (AvgIpc) is 2.47. The Morgan fingerprint density at radius 3 is 1.29 bits per heavy atom. The van der Waals surface area contributed by atoms with Crippen molar-refractivity contribution < 1.29 is 18.4 Å². The maximum absolute atomic E-state index is 11.8. The molecule has 0 aromatic rings. The van der Waals surface area contributed by atoms with Crippen molar-refractivity contribution in [2.45, 2.75) is 91.1 Å². The van der Waals surface area contributed by atoms with E-state index in [1.807, 2.05) is 0 Å². The van der Waals surface area contributed by atoms with Crippen molar-refractivity contribution in [1.29, 1.82) is 0 Å². The van der Waals surface area contributed by atoms with Crippen LogP contribution in [-0.4, -0.2) is 31.5 Å². The fraction of sp³-hybridized carbons (Fsp3) is 0.889. The van der Waals surface area contributed by atoms with Gasteiger partial charge in [0.05, 0.1) is 0 Å². The summed E-state index contributed by atoms with van der Waals surface area (Å²) in [5.41, 5.74) is 0. The first-order valence-corrected chi connectivity index (χ1v) is 10.6. The largest absolute Gasteiger partial charge is 0.516 e. The van der Waals surface area contributed by atoms with Crippen molar-refractivity contribution in [3.05, 3.63) is 0 Å². The summed E-state index contributed by atoms with van der Waals surface area (Å²) in [4.78, 5) is 23.5. The van der Waals surface area contributed by atoms with Gasteiger partial charge in [0.1, 0.15) is 0 Å². The van der Waals surface area contributed by atoms with Crippen LogP contribution in [0.1, 0.15) is 81.1 Å². The molecule has 0 rings (SSSR count). The highest BCUT2D eigenvalue weighted by Gasteiger charge is 2.28. The maximum atomic E-state index is 11.8. The molecule has 6 heteroatoms. The first-order valence-electron chi connectivity index (χ1n) is 8.82. The molecule has 0 heterocycles. The number of carbonyl (C=O) groups excluding carboxylic acids is 2. The first-order chi connectivity index (χ1) is 10.9. The summed E-state index contributed by atoms with van der Waals surface area (Å²) in [6.07, 6.45) is 2.07. The highest BCUT2D eigenvalue weighted by atomic mass is 28.2. The molecular weight excluding hydrogens is 336 g/mol. The third-order valence-electron chi connectivity index (χ3n) is 4.75. The second-order valence-electron chi connectivity index (χ2n) is 8.11. The molecule has 0 aliphatic rings. The number of hydrogen-bond acceptors (Lipinski definition) is 4. The van der Waals surface area contributed by atoms with E-state index in [1.165, 1.54) is 0 Å². The predicted octanol–water partition coefficient (Wildman–Crippen LogP) is 4.58. The number of rotatable bonds is 11. The molecule has 0 aromatic carbocycles. The number of unbranched alkanes of at least 4 members (excludes halogenated alkanes) is 1. The van der Waals surface area contributed by atoms with Crippen LogP contribution in [0.25, 0.3) is 0 Å². The van der Waals surface area contributed by atoms with Crippen LogP contribution >= 0.6 is 0 Å². The van der Waals surface area contributed by atoms with Gasteiger partial charge in [0, 0.05) is 12.8 Å². The van der Waals surface area contributed by atoms with Crippen LogP contribution in [-0.2, 0) is 18.4 Å². The van der Waals surface area contributed by atoms with Gasteiger partial charge in [-0.15, -0.1) is 0 Å². The van der Waals surface area contributed by atoms with Gasteiger partial charge in [0.25, 0.3) is 11.9 Å².